The minimum atomic E-state index is -0.141. The molecule has 2 aliphatic rings. The van der Waals surface area contributed by atoms with Gasteiger partial charge in [-0.25, -0.2) is 9.97 Å². The number of anilines is 1. The molecule has 1 aromatic rings. The molecule has 0 unspecified atom stereocenters. The molecule has 9 heteroatoms. The molecule has 3 rings (SSSR count). The van der Waals surface area contributed by atoms with Gasteiger partial charge in [0.15, 0.2) is 0 Å². The molecule has 2 aliphatic heterocycles. The van der Waals surface area contributed by atoms with E-state index in [0.29, 0.717) is 37.7 Å². The van der Waals surface area contributed by atoms with Crippen molar-refractivity contribution in [3.63, 3.8) is 0 Å². The molecule has 1 aromatic heterocycles. The van der Waals surface area contributed by atoms with Crippen LogP contribution < -0.4 is 5.32 Å². The summed E-state index contributed by atoms with van der Waals surface area (Å²) in [6.07, 6.45) is 3.92. The fourth-order valence-electron chi connectivity index (χ4n) is 2.89. The van der Waals surface area contributed by atoms with E-state index >= 15 is 0 Å². The summed E-state index contributed by atoms with van der Waals surface area (Å²) < 4.78 is 5.32. The molecule has 136 valence electrons. The van der Waals surface area contributed by atoms with Gasteiger partial charge in [-0.05, 0) is 0 Å². The average molecular weight is 348 g/mol. The number of morpholine rings is 1. The number of rotatable bonds is 6. The van der Waals surface area contributed by atoms with E-state index in [1.165, 1.54) is 6.20 Å². The highest BCUT2D eigenvalue weighted by Crippen LogP contribution is 2.07. The lowest BCUT2D eigenvalue weighted by molar-refractivity contribution is -0.119. The third kappa shape index (κ3) is 4.86. The lowest BCUT2D eigenvalue weighted by Gasteiger charge is -2.32. The second kappa shape index (κ2) is 8.72. The van der Waals surface area contributed by atoms with E-state index in [4.69, 9.17) is 4.74 Å². The third-order valence-corrected chi connectivity index (χ3v) is 4.46. The van der Waals surface area contributed by atoms with Crippen LogP contribution in [0.3, 0.4) is 0 Å². The zero-order valence-electron chi connectivity index (χ0n) is 14.3. The van der Waals surface area contributed by atoms with E-state index in [9.17, 15) is 9.59 Å². The number of nitrogens with zero attached hydrogens (tertiary/aromatic N) is 5. The average Bonchev–Trinajstić information content (AvgIpc) is 2.69. The van der Waals surface area contributed by atoms with E-state index in [2.05, 4.69) is 20.2 Å². The number of ether oxygens (including phenoxy) is 1. The Morgan fingerprint density at radius 1 is 1.12 bits per heavy atom. The first-order valence-corrected chi connectivity index (χ1v) is 8.61. The van der Waals surface area contributed by atoms with Gasteiger partial charge in [0.1, 0.15) is 11.5 Å². The van der Waals surface area contributed by atoms with Crippen LogP contribution in [0.4, 0.5) is 5.82 Å². The highest BCUT2D eigenvalue weighted by Gasteiger charge is 2.22. The predicted octanol–water partition coefficient (Wildman–Crippen LogP) is -0.865. The fraction of sp³-hybridized carbons (Fsp3) is 0.625. The van der Waals surface area contributed by atoms with Crippen molar-refractivity contribution >= 4 is 18.1 Å². The SMILES string of the molecule is O=CN1CCN(C(=O)c2cnc(NCCN3CCOCC3)cn2)CC1. The minimum absolute atomic E-state index is 0.141. The van der Waals surface area contributed by atoms with E-state index in [-0.39, 0.29) is 5.91 Å². The largest absolute Gasteiger partial charge is 0.379 e. The van der Waals surface area contributed by atoms with Crippen molar-refractivity contribution in [3.8, 4) is 0 Å². The number of nitrogens with one attached hydrogen (secondary N) is 1. The summed E-state index contributed by atoms with van der Waals surface area (Å²) in [5.41, 5.74) is 0.332. The number of piperazine rings is 1. The van der Waals surface area contributed by atoms with Crippen molar-refractivity contribution in [1.29, 1.82) is 0 Å². The van der Waals surface area contributed by atoms with Crippen LogP contribution in [0.5, 0.6) is 0 Å². The second-order valence-electron chi connectivity index (χ2n) is 6.10. The first-order chi connectivity index (χ1) is 12.3. The van der Waals surface area contributed by atoms with Crippen molar-refractivity contribution in [2.24, 2.45) is 0 Å². The third-order valence-electron chi connectivity index (χ3n) is 4.46. The molecule has 9 nitrogen and oxygen atoms in total. The molecule has 0 saturated carbocycles. The molecular formula is C16H24N6O3. The summed E-state index contributed by atoms with van der Waals surface area (Å²) in [7, 11) is 0. The number of carbonyl (C=O) groups is 2. The second-order valence-corrected chi connectivity index (χ2v) is 6.10. The summed E-state index contributed by atoms with van der Waals surface area (Å²) in [5.74, 6) is 0.522. The van der Waals surface area contributed by atoms with E-state index < -0.39 is 0 Å². The summed E-state index contributed by atoms with van der Waals surface area (Å²) in [6.45, 7) is 7.36. The monoisotopic (exact) mass is 348 g/mol. The van der Waals surface area contributed by atoms with Crippen LogP contribution in [0.2, 0.25) is 0 Å². The van der Waals surface area contributed by atoms with Gasteiger partial charge in [0.05, 0.1) is 25.6 Å². The molecule has 1 N–H and O–H groups in total. The smallest absolute Gasteiger partial charge is 0.274 e. The summed E-state index contributed by atoms with van der Waals surface area (Å²) in [5, 5.41) is 3.22. The van der Waals surface area contributed by atoms with Crippen LogP contribution in [0.15, 0.2) is 12.4 Å². The summed E-state index contributed by atoms with van der Waals surface area (Å²) in [6, 6.07) is 0. The maximum atomic E-state index is 12.4. The zero-order valence-corrected chi connectivity index (χ0v) is 14.3. The normalized spacial score (nSPS) is 18.9. The van der Waals surface area contributed by atoms with Gasteiger partial charge >= 0.3 is 0 Å². The molecule has 0 bridgehead atoms. The molecule has 0 aliphatic carbocycles. The molecule has 25 heavy (non-hydrogen) atoms. The molecule has 0 aromatic carbocycles. The Hall–Kier alpha value is -2.26. The van der Waals surface area contributed by atoms with Crippen LogP contribution in [-0.2, 0) is 9.53 Å². The predicted molar refractivity (Wildman–Crippen MR) is 91.3 cm³/mol. The van der Waals surface area contributed by atoms with Crippen LogP contribution in [0, 0.1) is 0 Å². The first kappa shape index (κ1) is 17.6. The van der Waals surface area contributed by atoms with Crippen molar-refractivity contribution in [2.45, 2.75) is 0 Å². The Morgan fingerprint density at radius 3 is 2.52 bits per heavy atom. The van der Waals surface area contributed by atoms with Crippen molar-refractivity contribution in [1.82, 2.24) is 24.7 Å². The topological polar surface area (TPSA) is 90.9 Å². The van der Waals surface area contributed by atoms with Crippen molar-refractivity contribution in [2.75, 3.05) is 70.9 Å². The number of amides is 2. The van der Waals surface area contributed by atoms with Gasteiger partial charge in [-0.1, -0.05) is 0 Å². The number of hydrogen-bond donors (Lipinski definition) is 1. The highest BCUT2D eigenvalue weighted by molar-refractivity contribution is 5.92. The van der Waals surface area contributed by atoms with E-state index in [0.717, 1.165) is 45.8 Å². The molecule has 0 radical (unpaired) electrons. The summed E-state index contributed by atoms with van der Waals surface area (Å²) >= 11 is 0. The lowest BCUT2D eigenvalue weighted by atomic mass is 10.3. The lowest BCUT2D eigenvalue weighted by Crippen LogP contribution is -2.48. The molecule has 0 atom stereocenters. The maximum absolute atomic E-state index is 12.4. The van der Waals surface area contributed by atoms with Gasteiger partial charge in [0, 0.05) is 52.4 Å². The zero-order chi connectivity index (χ0) is 17.5. The van der Waals surface area contributed by atoms with E-state index in [1.54, 1.807) is 16.0 Å². The van der Waals surface area contributed by atoms with Gasteiger partial charge in [0.25, 0.3) is 5.91 Å². The van der Waals surface area contributed by atoms with E-state index in [1.807, 2.05) is 0 Å². The Morgan fingerprint density at radius 2 is 1.88 bits per heavy atom. The number of carbonyl (C=O) groups excluding carboxylic acids is 2. The molecular weight excluding hydrogens is 324 g/mol. The van der Waals surface area contributed by atoms with Gasteiger partial charge in [-0.3, -0.25) is 14.5 Å². The molecule has 2 amide bonds. The Balaban J connectivity index is 1.45. The van der Waals surface area contributed by atoms with Gasteiger partial charge in [0.2, 0.25) is 6.41 Å². The van der Waals surface area contributed by atoms with Crippen LogP contribution in [-0.4, -0.2) is 103 Å². The van der Waals surface area contributed by atoms with Gasteiger partial charge in [-0.2, -0.15) is 0 Å². The molecule has 2 saturated heterocycles. The van der Waals surface area contributed by atoms with Crippen LogP contribution in [0.1, 0.15) is 10.5 Å². The molecule has 0 spiro atoms. The highest BCUT2D eigenvalue weighted by atomic mass is 16.5. The van der Waals surface area contributed by atoms with Crippen LogP contribution >= 0.6 is 0 Å². The first-order valence-electron chi connectivity index (χ1n) is 8.61. The standard InChI is InChI=1S/C16H24N6O3/c23-13-21-3-5-22(6-4-21)16(24)14-11-19-15(12-18-14)17-1-2-20-7-9-25-10-8-20/h11-13H,1-10H2,(H,17,19). The van der Waals surface area contributed by atoms with Crippen molar-refractivity contribution < 1.29 is 14.3 Å². The number of hydrogen-bond acceptors (Lipinski definition) is 7. The van der Waals surface area contributed by atoms with Gasteiger partial charge < -0.3 is 19.9 Å². The Labute approximate surface area is 147 Å². The number of aromatic nitrogens is 2. The van der Waals surface area contributed by atoms with Crippen molar-refractivity contribution in [3.05, 3.63) is 18.1 Å². The fourth-order valence-corrected chi connectivity index (χ4v) is 2.89. The van der Waals surface area contributed by atoms with Gasteiger partial charge in [-0.15, -0.1) is 0 Å². The Bertz CT molecular complexity index is 568. The summed E-state index contributed by atoms with van der Waals surface area (Å²) in [4.78, 5) is 37.3. The maximum Gasteiger partial charge on any atom is 0.274 e. The Kier molecular flexibility index (Phi) is 6.13. The minimum Gasteiger partial charge on any atom is -0.379 e. The molecule has 2 fully saturated rings. The molecule has 3 heterocycles. The quantitative estimate of drug-likeness (QED) is 0.669. The van der Waals surface area contributed by atoms with Crippen LogP contribution in [0.25, 0.3) is 0 Å².